The Morgan fingerprint density at radius 2 is 2.29 bits per heavy atom. The second-order valence-electron chi connectivity index (χ2n) is 2.93. The molecule has 73 valence electrons. The minimum absolute atomic E-state index is 0.245. The van der Waals surface area contributed by atoms with E-state index in [2.05, 4.69) is 0 Å². The van der Waals surface area contributed by atoms with E-state index in [1.165, 1.54) is 18.2 Å². The molecule has 14 heavy (non-hydrogen) atoms. The number of rotatable bonds is 4. The van der Waals surface area contributed by atoms with Crippen molar-refractivity contribution in [2.45, 2.75) is 19.3 Å². The largest absolute Gasteiger partial charge is 0.299 e. The molecule has 0 aromatic heterocycles. The van der Waals surface area contributed by atoms with Gasteiger partial charge in [0.05, 0.1) is 0 Å². The highest BCUT2D eigenvalue weighted by Crippen LogP contribution is 2.16. The molecule has 0 saturated carbocycles. The van der Waals surface area contributed by atoms with Crippen molar-refractivity contribution in [2.24, 2.45) is 0 Å². The Balaban J connectivity index is 3.00. The smallest absolute Gasteiger partial charge is 0.214 e. The van der Waals surface area contributed by atoms with Crippen LogP contribution in [-0.2, 0) is 9.59 Å². The Kier molecular flexibility index (Phi) is 3.51. The highest BCUT2D eigenvalue weighted by atomic mass is 19.1. The summed E-state index contributed by atoms with van der Waals surface area (Å²) in [6, 6.07) is 5.47. The van der Waals surface area contributed by atoms with Crippen molar-refractivity contribution in [3.8, 4) is 0 Å². The molecular weight excluding hydrogens is 183 g/mol. The first-order chi connectivity index (χ1) is 6.69. The maximum absolute atomic E-state index is 12.8. The monoisotopic (exact) mass is 193 g/mol. The number of halogens is 1. The number of hydrogen-bond acceptors (Lipinski definition) is 2. The molecule has 0 amide bonds. The van der Waals surface area contributed by atoms with Gasteiger partial charge in [0.2, 0.25) is 6.29 Å². The molecule has 0 aliphatic rings. The Labute approximate surface area is 81.7 Å². The first-order valence-corrected chi connectivity index (χ1v) is 4.35. The van der Waals surface area contributed by atoms with Crippen LogP contribution >= 0.6 is 0 Å². The van der Waals surface area contributed by atoms with Crippen molar-refractivity contribution in [3.05, 3.63) is 35.6 Å². The molecule has 0 spiro atoms. The average molecular weight is 193 g/mol. The van der Waals surface area contributed by atoms with Gasteiger partial charge in [-0.2, -0.15) is 0 Å². The van der Waals surface area contributed by atoms with Gasteiger partial charge in [0.25, 0.3) is 0 Å². The Hall–Kier alpha value is -1.51. The summed E-state index contributed by atoms with van der Waals surface area (Å²) in [6.45, 7) is 1.66. The maximum Gasteiger partial charge on any atom is 0.214 e. The highest BCUT2D eigenvalue weighted by Gasteiger charge is 2.19. The van der Waals surface area contributed by atoms with Crippen LogP contribution < -0.4 is 0 Å². The molecule has 0 bridgehead atoms. The third-order valence-electron chi connectivity index (χ3n) is 1.97. The molecule has 1 radical (unpaired) electrons. The van der Waals surface area contributed by atoms with Gasteiger partial charge in [-0.25, -0.2) is 4.39 Å². The average Bonchev–Trinajstić information content (AvgIpc) is 2.19. The second kappa shape index (κ2) is 4.65. The van der Waals surface area contributed by atoms with Crippen molar-refractivity contribution >= 4 is 12.1 Å². The summed E-state index contributed by atoms with van der Waals surface area (Å²) in [5.74, 6) is -1.65. The fraction of sp³-hybridized carbons (Fsp3) is 0.273. The topological polar surface area (TPSA) is 34.1 Å². The van der Waals surface area contributed by atoms with Crippen molar-refractivity contribution in [1.82, 2.24) is 0 Å². The van der Waals surface area contributed by atoms with E-state index in [9.17, 15) is 14.0 Å². The van der Waals surface area contributed by atoms with E-state index in [1.54, 1.807) is 19.3 Å². The van der Waals surface area contributed by atoms with Crippen LogP contribution in [0.1, 0.15) is 24.8 Å². The molecule has 0 saturated heterocycles. The maximum atomic E-state index is 12.8. The quantitative estimate of drug-likeness (QED) is 0.685. The number of ketones is 1. The number of Topliss-reactive ketones (excluding diaryl/α,β-unsaturated/α-hetero) is 1. The number of hydrogen-bond donors (Lipinski definition) is 0. The predicted molar refractivity (Wildman–Crippen MR) is 50.1 cm³/mol. The molecule has 2 nitrogen and oxygen atoms in total. The fourth-order valence-corrected chi connectivity index (χ4v) is 1.21. The van der Waals surface area contributed by atoms with Crippen molar-refractivity contribution in [2.75, 3.05) is 0 Å². The molecule has 1 rings (SSSR count). The standard InChI is InChI=1S/C11H10FO2/c1-2-11(14)10(7-13)8-4-3-5-9(12)6-8/h3-6,10H,2H2,1H3. The Morgan fingerprint density at radius 1 is 1.57 bits per heavy atom. The van der Waals surface area contributed by atoms with E-state index in [-0.39, 0.29) is 12.2 Å². The summed E-state index contributed by atoms with van der Waals surface area (Å²) in [7, 11) is 0. The van der Waals surface area contributed by atoms with Crippen molar-refractivity contribution < 1.29 is 14.0 Å². The van der Waals surface area contributed by atoms with E-state index >= 15 is 0 Å². The molecule has 0 fully saturated rings. The van der Waals surface area contributed by atoms with Gasteiger partial charge in [0.1, 0.15) is 17.5 Å². The molecule has 3 heteroatoms. The highest BCUT2D eigenvalue weighted by molar-refractivity contribution is 5.98. The fourth-order valence-electron chi connectivity index (χ4n) is 1.21. The van der Waals surface area contributed by atoms with Gasteiger partial charge in [-0.1, -0.05) is 19.1 Å². The zero-order valence-corrected chi connectivity index (χ0v) is 7.79. The molecule has 1 unspecified atom stereocenters. The first kappa shape index (κ1) is 10.6. The number of carbonyl (C=O) groups is 1. The molecule has 1 aromatic carbocycles. The summed E-state index contributed by atoms with van der Waals surface area (Å²) >= 11 is 0. The van der Waals surface area contributed by atoms with Crippen LogP contribution in [0.25, 0.3) is 0 Å². The summed E-state index contributed by atoms with van der Waals surface area (Å²) in [5.41, 5.74) is 0.367. The zero-order chi connectivity index (χ0) is 10.6. The lowest BCUT2D eigenvalue weighted by Crippen LogP contribution is -2.12. The van der Waals surface area contributed by atoms with Gasteiger partial charge >= 0.3 is 0 Å². The molecule has 0 N–H and O–H groups in total. The van der Waals surface area contributed by atoms with E-state index < -0.39 is 11.7 Å². The molecule has 1 aromatic rings. The molecular formula is C11H10FO2. The predicted octanol–water partition coefficient (Wildman–Crippen LogP) is 2.00. The van der Waals surface area contributed by atoms with E-state index in [0.29, 0.717) is 5.56 Å². The van der Waals surface area contributed by atoms with Gasteiger partial charge in [0, 0.05) is 6.42 Å². The lowest BCUT2D eigenvalue weighted by atomic mass is 9.95. The lowest BCUT2D eigenvalue weighted by Gasteiger charge is -2.06. The Morgan fingerprint density at radius 3 is 2.79 bits per heavy atom. The third kappa shape index (κ3) is 2.25. The van der Waals surface area contributed by atoms with Gasteiger partial charge < -0.3 is 0 Å². The van der Waals surface area contributed by atoms with Crippen LogP contribution in [-0.4, -0.2) is 12.1 Å². The minimum Gasteiger partial charge on any atom is -0.299 e. The first-order valence-electron chi connectivity index (χ1n) is 4.35. The van der Waals surface area contributed by atoms with Crippen molar-refractivity contribution in [3.63, 3.8) is 0 Å². The van der Waals surface area contributed by atoms with E-state index in [4.69, 9.17) is 0 Å². The minimum atomic E-state index is -0.948. The summed E-state index contributed by atoms with van der Waals surface area (Å²) in [4.78, 5) is 21.8. The molecule has 0 aliphatic heterocycles. The van der Waals surface area contributed by atoms with Crippen LogP contribution in [0.15, 0.2) is 24.3 Å². The lowest BCUT2D eigenvalue weighted by molar-refractivity contribution is -0.118. The van der Waals surface area contributed by atoms with Gasteiger partial charge in [-0.05, 0) is 17.7 Å². The van der Waals surface area contributed by atoms with Crippen LogP contribution in [0.5, 0.6) is 0 Å². The summed E-state index contributed by atoms with van der Waals surface area (Å²) in [6.07, 6.45) is 1.88. The van der Waals surface area contributed by atoms with Crippen molar-refractivity contribution in [1.29, 1.82) is 0 Å². The second-order valence-corrected chi connectivity index (χ2v) is 2.93. The number of benzene rings is 1. The molecule has 0 heterocycles. The van der Waals surface area contributed by atoms with E-state index in [1.807, 2.05) is 0 Å². The van der Waals surface area contributed by atoms with Crippen LogP contribution in [0, 0.1) is 5.82 Å². The molecule has 0 aliphatic carbocycles. The normalized spacial score (nSPS) is 12.1. The Bertz CT molecular complexity index is 347. The SMILES string of the molecule is CCC(=O)C([C]=O)c1cccc(F)c1. The van der Waals surface area contributed by atoms with Crippen LogP contribution in [0.2, 0.25) is 0 Å². The van der Waals surface area contributed by atoms with Gasteiger partial charge in [0.15, 0.2) is 0 Å². The third-order valence-corrected chi connectivity index (χ3v) is 1.97. The van der Waals surface area contributed by atoms with Gasteiger partial charge in [-0.3, -0.25) is 9.59 Å². The van der Waals surface area contributed by atoms with Gasteiger partial charge in [-0.15, -0.1) is 0 Å². The number of carbonyl (C=O) groups excluding carboxylic acids is 2. The van der Waals surface area contributed by atoms with E-state index in [0.717, 1.165) is 0 Å². The zero-order valence-electron chi connectivity index (χ0n) is 7.79. The summed E-state index contributed by atoms with van der Waals surface area (Å²) < 4.78 is 12.8. The summed E-state index contributed by atoms with van der Waals surface area (Å²) in [5, 5.41) is 0. The van der Waals surface area contributed by atoms with Crippen LogP contribution in [0.3, 0.4) is 0 Å². The molecule has 1 atom stereocenters. The van der Waals surface area contributed by atoms with Crippen LogP contribution in [0.4, 0.5) is 4.39 Å².